The summed E-state index contributed by atoms with van der Waals surface area (Å²) in [5.41, 5.74) is 1.75. The largest absolute Gasteiger partial charge is 0.456 e. The lowest BCUT2D eigenvalue weighted by atomic mass is 10.1. The summed E-state index contributed by atoms with van der Waals surface area (Å²) in [5.74, 6) is 0.819. The number of halogens is 4. The molecule has 2 aromatic carbocycles. The van der Waals surface area contributed by atoms with E-state index in [9.17, 15) is 13.2 Å². The van der Waals surface area contributed by atoms with Crippen molar-refractivity contribution in [1.82, 2.24) is 0 Å². The van der Waals surface area contributed by atoms with E-state index >= 15 is 0 Å². The van der Waals surface area contributed by atoms with Gasteiger partial charge in [0.25, 0.3) is 0 Å². The molecule has 0 amide bonds. The van der Waals surface area contributed by atoms with Crippen LogP contribution in [0.3, 0.4) is 0 Å². The van der Waals surface area contributed by atoms with Crippen molar-refractivity contribution in [3.63, 3.8) is 0 Å². The van der Waals surface area contributed by atoms with Crippen LogP contribution in [0, 0.1) is 0 Å². The van der Waals surface area contributed by atoms with Crippen molar-refractivity contribution in [2.45, 2.75) is 25.4 Å². The lowest BCUT2D eigenvalue weighted by molar-refractivity contribution is -0.137. The average Bonchev–Trinajstić information content (AvgIpc) is 2.87. The van der Waals surface area contributed by atoms with Crippen LogP contribution in [0.5, 0.6) is 11.5 Å². The van der Waals surface area contributed by atoms with E-state index in [1.165, 1.54) is 17.2 Å². The Morgan fingerprint density at radius 3 is 2.43 bits per heavy atom. The number of rotatable bonds is 2. The Morgan fingerprint density at radius 1 is 0.952 bits per heavy atom. The van der Waals surface area contributed by atoms with Gasteiger partial charge in [-0.2, -0.15) is 13.2 Å². The highest BCUT2D eigenvalue weighted by atomic mass is 35.5. The first-order valence-electron chi connectivity index (χ1n) is 6.60. The fourth-order valence-corrected chi connectivity index (χ4v) is 2.72. The third-order valence-corrected chi connectivity index (χ3v) is 3.85. The molecule has 1 nitrogen and oxygen atoms in total. The quantitative estimate of drug-likeness (QED) is 0.697. The van der Waals surface area contributed by atoms with Crippen molar-refractivity contribution >= 4 is 11.6 Å². The summed E-state index contributed by atoms with van der Waals surface area (Å²) >= 11 is 5.88. The van der Waals surface area contributed by atoms with E-state index < -0.39 is 11.7 Å². The predicted octanol–water partition coefficient (Wildman–Crippen LogP) is 5.64. The average molecular weight is 313 g/mol. The van der Waals surface area contributed by atoms with Crippen molar-refractivity contribution < 1.29 is 17.9 Å². The molecule has 1 aliphatic carbocycles. The summed E-state index contributed by atoms with van der Waals surface area (Å²) < 4.78 is 43.3. The van der Waals surface area contributed by atoms with Gasteiger partial charge in [-0.05, 0) is 60.7 Å². The Kier molecular flexibility index (Phi) is 3.57. The standard InChI is InChI=1S/C16H12ClF3O/c17-14-9-12(16(18,19)20)5-7-15(14)21-13-6-4-10-2-1-3-11(10)8-13/h4-9H,1-3H2. The van der Waals surface area contributed by atoms with E-state index in [0.717, 1.165) is 31.4 Å². The van der Waals surface area contributed by atoms with Crippen molar-refractivity contribution in [2.24, 2.45) is 0 Å². The maximum atomic E-state index is 12.6. The summed E-state index contributed by atoms with van der Waals surface area (Å²) in [7, 11) is 0. The normalized spacial score (nSPS) is 14.1. The first-order chi connectivity index (χ1) is 9.93. The molecule has 5 heteroatoms. The highest BCUT2D eigenvalue weighted by Gasteiger charge is 2.31. The Hall–Kier alpha value is -1.68. The molecule has 0 spiro atoms. The number of hydrogen-bond donors (Lipinski definition) is 0. The molecule has 0 radical (unpaired) electrons. The second-order valence-electron chi connectivity index (χ2n) is 5.03. The molecule has 21 heavy (non-hydrogen) atoms. The zero-order valence-electron chi connectivity index (χ0n) is 11.0. The monoisotopic (exact) mass is 312 g/mol. The molecule has 0 bridgehead atoms. The Morgan fingerprint density at radius 2 is 1.71 bits per heavy atom. The minimum Gasteiger partial charge on any atom is -0.456 e. The van der Waals surface area contributed by atoms with Crippen LogP contribution in [-0.4, -0.2) is 0 Å². The van der Waals surface area contributed by atoms with Crippen LogP contribution in [-0.2, 0) is 19.0 Å². The van der Waals surface area contributed by atoms with Gasteiger partial charge in [0.05, 0.1) is 10.6 Å². The molecule has 0 N–H and O–H groups in total. The van der Waals surface area contributed by atoms with Crippen LogP contribution in [0.15, 0.2) is 36.4 Å². The molecule has 110 valence electrons. The van der Waals surface area contributed by atoms with E-state index in [1.807, 2.05) is 18.2 Å². The zero-order chi connectivity index (χ0) is 15.0. The molecule has 3 rings (SSSR count). The summed E-state index contributed by atoms with van der Waals surface area (Å²) in [4.78, 5) is 0. The smallest absolute Gasteiger partial charge is 0.416 e. The summed E-state index contributed by atoms with van der Waals surface area (Å²) in [6.07, 6.45) is -1.21. The fraction of sp³-hybridized carbons (Fsp3) is 0.250. The summed E-state index contributed by atoms with van der Waals surface area (Å²) in [6.45, 7) is 0. The Labute approximate surface area is 125 Å². The van der Waals surface area contributed by atoms with E-state index in [1.54, 1.807) is 0 Å². The third-order valence-electron chi connectivity index (χ3n) is 3.56. The van der Waals surface area contributed by atoms with Crippen LogP contribution in [0.25, 0.3) is 0 Å². The van der Waals surface area contributed by atoms with Crippen LogP contribution < -0.4 is 4.74 Å². The predicted molar refractivity (Wildman–Crippen MR) is 75.0 cm³/mol. The molecule has 0 unspecified atom stereocenters. The third kappa shape index (κ3) is 3.00. The van der Waals surface area contributed by atoms with Gasteiger partial charge in [0, 0.05) is 0 Å². The maximum absolute atomic E-state index is 12.6. The molecule has 0 aliphatic heterocycles. The zero-order valence-corrected chi connectivity index (χ0v) is 11.8. The van der Waals surface area contributed by atoms with Crippen molar-refractivity contribution in [1.29, 1.82) is 0 Å². The number of hydrogen-bond acceptors (Lipinski definition) is 1. The second kappa shape index (κ2) is 5.26. The van der Waals surface area contributed by atoms with Gasteiger partial charge in [-0.15, -0.1) is 0 Å². The maximum Gasteiger partial charge on any atom is 0.416 e. The van der Waals surface area contributed by atoms with Crippen molar-refractivity contribution in [3.05, 3.63) is 58.1 Å². The van der Waals surface area contributed by atoms with Crippen LogP contribution >= 0.6 is 11.6 Å². The molecule has 1 aliphatic rings. The van der Waals surface area contributed by atoms with Crippen LogP contribution in [0.4, 0.5) is 13.2 Å². The van der Waals surface area contributed by atoms with Crippen LogP contribution in [0.1, 0.15) is 23.1 Å². The van der Waals surface area contributed by atoms with Gasteiger partial charge in [0.2, 0.25) is 0 Å². The molecule has 0 atom stereocenters. The molecule has 0 fully saturated rings. The van der Waals surface area contributed by atoms with Gasteiger partial charge in [0.1, 0.15) is 11.5 Å². The SMILES string of the molecule is FC(F)(F)c1ccc(Oc2ccc3c(c2)CCC3)c(Cl)c1. The van der Waals surface area contributed by atoms with Gasteiger partial charge < -0.3 is 4.74 Å². The number of aryl methyl sites for hydroxylation is 2. The van der Waals surface area contributed by atoms with Gasteiger partial charge in [-0.25, -0.2) is 0 Å². The van der Waals surface area contributed by atoms with E-state index in [2.05, 4.69) is 0 Å². The Bertz CT molecular complexity index is 680. The first-order valence-corrected chi connectivity index (χ1v) is 6.98. The fourth-order valence-electron chi connectivity index (χ4n) is 2.50. The van der Waals surface area contributed by atoms with E-state index in [-0.39, 0.29) is 10.8 Å². The van der Waals surface area contributed by atoms with Gasteiger partial charge in [-0.1, -0.05) is 17.7 Å². The van der Waals surface area contributed by atoms with Gasteiger partial charge in [-0.3, -0.25) is 0 Å². The summed E-state index contributed by atoms with van der Waals surface area (Å²) in [5, 5.41) is -0.0506. The topological polar surface area (TPSA) is 9.23 Å². The molecule has 0 aromatic heterocycles. The van der Waals surface area contributed by atoms with E-state index in [4.69, 9.17) is 16.3 Å². The minimum absolute atomic E-state index is 0.0506. The van der Waals surface area contributed by atoms with Gasteiger partial charge >= 0.3 is 6.18 Å². The molecule has 0 saturated heterocycles. The second-order valence-corrected chi connectivity index (χ2v) is 5.44. The molecule has 0 heterocycles. The van der Waals surface area contributed by atoms with Crippen molar-refractivity contribution in [3.8, 4) is 11.5 Å². The molecule has 2 aromatic rings. The van der Waals surface area contributed by atoms with Crippen molar-refractivity contribution in [2.75, 3.05) is 0 Å². The lowest BCUT2D eigenvalue weighted by Crippen LogP contribution is -2.04. The molecular formula is C16H12ClF3O. The van der Waals surface area contributed by atoms with E-state index in [0.29, 0.717) is 5.75 Å². The highest BCUT2D eigenvalue weighted by molar-refractivity contribution is 6.32. The number of fused-ring (bicyclic) bond motifs is 1. The number of benzene rings is 2. The first kappa shape index (κ1) is 14.3. The molecular weight excluding hydrogens is 301 g/mol. The lowest BCUT2D eigenvalue weighted by Gasteiger charge is -2.12. The van der Waals surface area contributed by atoms with Crippen LogP contribution in [0.2, 0.25) is 5.02 Å². The Balaban J connectivity index is 1.85. The minimum atomic E-state index is -4.41. The number of alkyl halides is 3. The highest BCUT2D eigenvalue weighted by Crippen LogP contribution is 2.37. The number of ether oxygens (including phenoxy) is 1. The summed E-state index contributed by atoms with van der Waals surface area (Å²) in [6, 6.07) is 8.83. The van der Waals surface area contributed by atoms with Gasteiger partial charge in [0.15, 0.2) is 0 Å². The molecule has 0 saturated carbocycles.